The first-order valence-electron chi connectivity index (χ1n) is 9.94. The van der Waals surface area contributed by atoms with E-state index in [0.29, 0.717) is 11.4 Å². The Labute approximate surface area is 165 Å². The van der Waals surface area contributed by atoms with Gasteiger partial charge in [-0.2, -0.15) is 0 Å². The molecule has 1 saturated heterocycles. The van der Waals surface area contributed by atoms with Crippen LogP contribution < -0.4 is 9.64 Å². The number of amides is 3. The molecule has 3 aliphatic rings. The standard InChI is InChI=1S/C22H28N2O4/c1-21(2)18(22(21,3)4)20(27)23(13-6-7-13)16-12-17(25)24(19(16)26)14-8-10-15(28-5)11-9-14/h8-11,13,16,18H,6-7,12H2,1-5H3. The molecule has 1 aromatic rings. The number of hydrogen-bond acceptors (Lipinski definition) is 4. The minimum Gasteiger partial charge on any atom is -0.497 e. The van der Waals surface area contributed by atoms with Gasteiger partial charge in [-0.25, -0.2) is 4.90 Å². The van der Waals surface area contributed by atoms with Crippen LogP contribution in [-0.2, 0) is 14.4 Å². The van der Waals surface area contributed by atoms with Crippen LogP contribution in [0.2, 0.25) is 0 Å². The molecule has 0 radical (unpaired) electrons. The lowest BCUT2D eigenvalue weighted by Crippen LogP contribution is -2.48. The highest BCUT2D eigenvalue weighted by Crippen LogP contribution is 2.69. The van der Waals surface area contributed by atoms with E-state index in [1.165, 1.54) is 4.90 Å². The molecule has 150 valence electrons. The van der Waals surface area contributed by atoms with E-state index in [-0.39, 0.29) is 46.9 Å². The van der Waals surface area contributed by atoms with Gasteiger partial charge in [0.1, 0.15) is 11.8 Å². The lowest BCUT2D eigenvalue weighted by molar-refractivity contribution is -0.141. The fourth-order valence-electron chi connectivity index (χ4n) is 4.74. The van der Waals surface area contributed by atoms with Gasteiger partial charge >= 0.3 is 0 Å². The van der Waals surface area contributed by atoms with Crippen molar-refractivity contribution in [2.24, 2.45) is 16.7 Å². The first-order valence-corrected chi connectivity index (χ1v) is 9.94. The maximum Gasteiger partial charge on any atom is 0.257 e. The van der Waals surface area contributed by atoms with E-state index < -0.39 is 6.04 Å². The first-order chi connectivity index (χ1) is 13.1. The number of methoxy groups -OCH3 is 1. The molecule has 1 aliphatic heterocycles. The molecule has 1 atom stereocenters. The third-order valence-electron chi connectivity index (χ3n) is 7.25. The minimum atomic E-state index is -0.693. The number of anilines is 1. The molecule has 0 spiro atoms. The van der Waals surface area contributed by atoms with Gasteiger partial charge in [-0.1, -0.05) is 27.7 Å². The third-order valence-corrected chi connectivity index (χ3v) is 7.25. The van der Waals surface area contributed by atoms with Crippen molar-refractivity contribution >= 4 is 23.4 Å². The summed E-state index contributed by atoms with van der Waals surface area (Å²) in [5.41, 5.74) is 0.325. The van der Waals surface area contributed by atoms with Gasteiger partial charge in [-0.15, -0.1) is 0 Å². The summed E-state index contributed by atoms with van der Waals surface area (Å²) in [4.78, 5) is 42.3. The Balaban J connectivity index is 1.60. The van der Waals surface area contributed by atoms with E-state index in [1.807, 2.05) is 0 Å². The molecule has 1 aromatic carbocycles. The van der Waals surface area contributed by atoms with Gasteiger partial charge < -0.3 is 9.64 Å². The Kier molecular flexibility index (Phi) is 4.11. The van der Waals surface area contributed by atoms with Crippen LogP contribution in [0.3, 0.4) is 0 Å². The fraction of sp³-hybridized carbons (Fsp3) is 0.591. The number of nitrogens with zero attached hydrogens (tertiary/aromatic N) is 2. The fourth-order valence-corrected chi connectivity index (χ4v) is 4.74. The van der Waals surface area contributed by atoms with Crippen molar-refractivity contribution in [1.82, 2.24) is 4.90 Å². The maximum atomic E-state index is 13.4. The summed E-state index contributed by atoms with van der Waals surface area (Å²) in [6.45, 7) is 8.41. The summed E-state index contributed by atoms with van der Waals surface area (Å²) in [6.07, 6.45) is 1.86. The summed E-state index contributed by atoms with van der Waals surface area (Å²) in [5.74, 6) is 0.0192. The summed E-state index contributed by atoms with van der Waals surface area (Å²) in [7, 11) is 1.57. The average molecular weight is 384 g/mol. The van der Waals surface area contributed by atoms with Crippen molar-refractivity contribution in [1.29, 1.82) is 0 Å². The Morgan fingerprint density at radius 2 is 1.64 bits per heavy atom. The summed E-state index contributed by atoms with van der Waals surface area (Å²) >= 11 is 0. The summed E-state index contributed by atoms with van der Waals surface area (Å²) < 4.78 is 5.15. The Morgan fingerprint density at radius 1 is 1.07 bits per heavy atom. The highest BCUT2D eigenvalue weighted by molar-refractivity contribution is 6.23. The Morgan fingerprint density at radius 3 is 2.11 bits per heavy atom. The second-order valence-electron chi connectivity index (χ2n) is 9.34. The van der Waals surface area contributed by atoms with Crippen LogP contribution in [0, 0.1) is 16.7 Å². The lowest BCUT2D eigenvalue weighted by atomic mass is 10.0. The summed E-state index contributed by atoms with van der Waals surface area (Å²) in [5, 5.41) is 0. The van der Waals surface area contributed by atoms with Crippen molar-refractivity contribution in [3.8, 4) is 5.75 Å². The molecular formula is C22H28N2O4. The van der Waals surface area contributed by atoms with Crippen LogP contribution >= 0.6 is 0 Å². The summed E-state index contributed by atoms with van der Waals surface area (Å²) in [6, 6.07) is 6.24. The number of benzene rings is 1. The second-order valence-corrected chi connectivity index (χ2v) is 9.34. The number of ether oxygens (including phenoxy) is 1. The smallest absolute Gasteiger partial charge is 0.257 e. The normalized spacial score (nSPS) is 25.8. The van der Waals surface area contributed by atoms with E-state index in [1.54, 1.807) is 36.3 Å². The SMILES string of the molecule is COc1ccc(N2C(=O)CC(N(C(=O)C3C(C)(C)C3(C)C)C3CC3)C2=O)cc1. The number of carbonyl (C=O) groups is 3. The second kappa shape index (κ2) is 6.06. The van der Waals surface area contributed by atoms with Gasteiger partial charge in [-0.3, -0.25) is 14.4 Å². The highest BCUT2D eigenvalue weighted by atomic mass is 16.5. The largest absolute Gasteiger partial charge is 0.497 e. The topological polar surface area (TPSA) is 66.9 Å². The average Bonchev–Trinajstić information content (AvgIpc) is 3.49. The maximum absolute atomic E-state index is 13.4. The quantitative estimate of drug-likeness (QED) is 0.732. The predicted octanol–water partition coefficient (Wildman–Crippen LogP) is 3.00. The van der Waals surface area contributed by atoms with Crippen molar-refractivity contribution < 1.29 is 19.1 Å². The van der Waals surface area contributed by atoms with Crippen molar-refractivity contribution in [3.63, 3.8) is 0 Å². The highest BCUT2D eigenvalue weighted by Gasteiger charge is 2.70. The van der Waals surface area contributed by atoms with Gasteiger partial charge in [0, 0.05) is 12.0 Å². The van der Waals surface area contributed by atoms with Crippen LogP contribution in [-0.4, -0.2) is 41.8 Å². The van der Waals surface area contributed by atoms with Crippen molar-refractivity contribution in [3.05, 3.63) is 24.3 Å². The molecule has 0 bridgehead atoms. The molecule has 4 rings (SSSR count). The van der Waals surface area contributed by atoms with Gasteiger partial charge in [0.2, 0.25) is 11.8 Å². The molecule has 3 amide bonds. The van der Waals surface area contributed by atoms with Crippen molar-refractivity contribution in [2.45, 2.75) is 59.0 Å². The molecule has 6 heteroatoms. The number of hydrogen-bond donors (Lipinski definition) is 0. The van der Waals surface area contributed by atoms with Crippen LogP contribution in [0.5, 0.6) is 5.75 Å². The Hall–Kier alpha value is -2.37. The Bertz CT molecular complexity index is 825. The molecule has 2 saturated carbocycles. The molecule has 2 aliphatic carbocycles. The van der Waals surface area contributed by atoms with Crippen LogP contribution in [0.1, 0.15) is 47.0 Å². The predicted molar refractivity (Wildman–Crippen MR) is 105 cm³/mol. The van der Waals surface area contributed by atoms with Gasteiger partial charge in [-0.05, 0) is 47.9 Å². The lowest BCUT2D eigenvalue weighted by Gasteiger charge is -2.28. The van der Waals surface area contributed by atoms with Crippen LogP contribution in [0.25, 0.3) is 0 Å². The zero-order valence-corrected chi connectivity index (χ0v) is 17.2. The minimum absolute atomic E-state index is 0.0280. The molecule has 28 heavy (non-hydrogen) atoms. The van der Waals surface area contributed by atoms with Gasteiger partial charge in [0.15, 0.2) is 0 Å². The third kappa shape index (κ3) is 2.65. The van der Waals surface area contributed by atoms with E-state index in [9.17, 15) is 14.4 Å². The van der Waals surface area contributed by atoms with Crippen molar-refractivity contribution in [2.75, 3.05) is 12.0 Å². The zero-order valence-electron chi connectivity index (χ0n) is 17.2. The van der Waals surface area contributed by atoms with E-state index >= 15 is 0 Å². The van der Waals surface area contributed by atoms with Gasteiger partial charge in [0.25, 0.3) is 5.91 Å². The monoisotopic (exact) mass is 384 g/mol. The molecule has 1 heterocycles. The number of imide groups is 1. The molecule has 0 aromatic heterocycles. The van der Waals surface area contributed by atoms with Crippen LogP contribution in [0.15, 0.2) is 24.3 Å². The van der Waals surface area contributed by atoms with E-state index in [2.05, 4.69) is 27.7 Å². The van der Waals surface area contributed by atoms with E-state index in [4.69, 9.17) is 4.74 Å². The molecule has 6 nitrogen and oxygen atoms in total. The molecular weight excluding hydrogens is 356 g/mol. The molecule has 0 N–H and O–H groups in total. The number of rotatable bonds is 5. The zero-order chi connectivity index (χ0) is 20.4. The number of carbonyl (C=O) groups excluding carboxylic acids is 3. The molecule has 1 unspecified atom stereocenters. The first kappa shape index (κ1) is 19.0. The molecule has 3 fully saturated rings. The van der Waals surface area contributed by atoms with E-state index in [0.717, 1.165) is 12.8 Å². The van der Waals surface area contributed by atoms with Crippen LogP contribution in [0.4, 0.5) is 5.69 Å². The van der Waals surface area contributed by atoms with Gasteiger partial charge in [0.05, 0.1) is 19.2 Å².